The summed E-state index contributed by atoms with van der Waals surface area (Å²) >= 11 is 0. The summed E-state index contributed by atoms with van der Waals surface area (Å²) < 4.78 is 10.6. The third-order valence-corrected chi connectivity index (χ3v) is 3.21. The maximum absolute atomic E-state index is 12.1. The highest BCUT2D eigenvalue weighted by Gasteiger charge is 2.53. The van der Waals surface area contributed by atoms with E-state index in [1.165, 1.54) is 0 Å². The lowest BCUT2D eigenvalue weighted by Crippen LogP contribution is -2.53. The molecule has 0 bridgehead atoms. The van der Waals surface area contributed by atoms with E-state index in [1.54, 1.807) is 4.90 Å². The molecule has 2 heterocycles. The number of hydrogen-bond acceptors (Lipinski definition) is 4. The average molecular weight is 241 g/mol. The number of carbonyl (C=O) groups is 2. The van der Waals surface area contributed by atoms with Crippen LogP contribution >= 0.6 is 0 Å². The van der Waals surface area contributed by atoms with Crippen LogP contribution in [0, 0.1) is 0 Å². The summed E-state index contributed by atoms with van der Waals surface area (Å²) in [7, 11) is 0. The molecule has 0 saturated carbocycles. The third kappa shape index (κ3) is 2.16. The highest BCUT2D eigenvalue weighted by atomic mass is 16.6. The molecule has 17 heavy (non-hydrogen) atoms. The molecule has 2 aliphatic heterocycles. The number of carbonyl (C=O) groups excluding carboxylic acids is 2. The van der Waals surface area contributed by atoms with E-state index >= 15 is 0 Å². The Morgan fingerprint density at radius 3 is 2.71 bits per heavy atom. The molecule has 2 fully saturated rings. The fourth-order valence-corrected chi connectivity index (χ4v) is 2.38. The molecule has 2 rings (SSSR count). The van der Waals surface area contributed by atoms with Crippen molar-refractivity contribution in [3.8, 4) is 0 Å². The first-order valence-corrected chi connectivity index (χ1v) is 5.97. The Morgan fingerprint density at radius 1 is 1.47 bits per heavy atom. The second-order valence-electron chi connectivity index (χ2n) is 5.64. The van der Waals surface area contributed by atoms with Crippen molar-refractivity contribution < 1.29 is 19.1 Å². The van der Waals surface area contributed by atoms with Crippen LogP contribution in [0.1, 0.15) is 33.6 Å². The number of rotatable bonds is 0. The van der Waals surface area contributed by atoms with Crippen molar-refractivity contribution in [1.29, 1.82) is 0 Å². The molecule has 0 N–H and O–H groups in total. The number of Topliss-reactive ketones (excluding diaryl/α,β-unsaturated/α-hetero) is 1. The minimum Gasteiger partial charge on any atom is -0.444 e. The Hall–Kier alpha value is -1.10. The predicted octanol–water partition coefficient (Wildman–Crippen LogP) is 1.36. The summed E-state index contributed by atoms with van der Waals surface area (Å²) in [5, 5.41) is 0. The van der Waals surface area contributed by atoms with Gasteiger partial charge in [0.05, 0.1) is 6.61 Å². The van der Waals surface area contributed by atoms with E-state index in [-0.39, 0.29) is 5.78 Å². The van der Waals surface area contributed by atoms with Crippen LogP contribution in [0.5, 0.6) is 0 Å². The lowest BCUT2D eigenvalue weighted by molar-refractivity contribution is -0.125. The monoisotopic (exact) mass is 241 g/mol. The van der Waals surface area contributed by atoms with E-state index in [9.17, 15) is 9.59 Å². The predicted molar refractivity (Wildman–Crippen MR) is 60.7 cm³/mol. The highest BCUT2D eigenvalue weighted by Crippen LogP contribution is 2.34. The molecule has 5 nitrogen and oxygen atoms in total. The Balaban J connectivity index is 2.15. The number of ether oxygens (including phenoxy) is 2. The molecule has 0 radical (unpaired) electrons. The zero-order valence-electron chi connectivity index (χ0n) is 10.6. The van der Waals surface area contributed by atoms with Crippen LogP contribution in [0.25, 0.3) is 0 Å². The quantitative estimate of drug-likeness (QED) is 0.642. The summed E-state index contributed by atoms with van der Waals surface area (Å²) in [6.45, 7) is 6.75. The van der Waals surface area contributed by atoms with Crippen LogP contribution in [-0.4, -0.2) is 47.7 Å². The van der Waals surface area contributed by atoms with Gasteiger partial charge < -0.3 is 9.47 Å². The molecule has 2 aliphatic rings. The van der Waals surface area contributed by atoms with E-state index in [1.807, 2.05) is 20.8 Å². The van der Waals surface area contributed by atoms with E-state index in [2.05, 4.69) is 0 Å². The largest absolute Gasteiger partial charge is 0.444 e. The minimum atomic E-state index is -0.748. The minimum absolute atomic E-state index is 0.0980. The van der Waals surface area contributed by atoms with Crippen LogP contribution < -0.4 is 0 Å². The molecular formula is C12H19NO4. The van der Waals surface area contributed by atoms with Gasteiger partial charge in [0, 0.05) is 26.0 Å². The molecule has 5 heteroatoms. The van der Waals surface area contributed by atoms with Gasteiger partial charge in [-0.2, -0.15) is 0 Å². The van der Waals surface area contributed by atoms with E-state index < -0.39 is 17.2 Å². The first kappa shape index (κ1) is 12.4. The van der Waals surface area contributed by atoms with Gasteiger partial charge in [-0.05, 0) is 20.8 Å². The van der Waals surface area contributed by atoms with Crippen molar-refractivity contribution in [2.75, 3.05) is 19.8 Å². The van der Waals surface area contributed by atoms with Crippen LogP contribution in [0.3, 0.4) is 0 Å². The summed E-state index contributed by atoms with van der Waals surface area (Å²) in [6, 6.07) is 0. The molecule has 0 aliphatic carbocycles. The second-order valence-corrected chi connectivity index (χ2v) is 5.64. The molecule has 1 amide bonds. The topological polar surface area (TPSA) is 55.8 Å². The van der Waals surface area contributed by atoms with E-state index in [0.717, 1.165) is 0 Å². The van der Waals surface area contributed by atoms with Gasteiger partial charge in [-0.25, -0.2) is 4.79 Å². The lowest BCUT2D eigenvalue weighted by Gasteiger charge is -2.33. The average Bonchev–Trinajstić information content (AvgIpc) is 2.75. The highest BCUT2D eigenvalue weighted by molar-refractivity contribution is 5.95. The standard InChI is InChI=1S/C12H19NO4/c1-11(2,3)17-10(15)13-6-4-9(14)12(13)5-7-16-8-12/h4-8H2,1-3H3. The first-order chi connectivity index (χ1) is 7.85. The number of amides is 1. The van der Waals surface area contributed by atoms with Crippen molar-refractivity contribution in [3.63, 3.8) is 0 Å². The third-order valence-electron chi connectivity index (χ3n) is 3.21. The maximum atomic E-state index is 12.1. The number of hydrogen-bond donors (Lipinski definition) is 0. The lowest BCUT2D eigenvalue weighted by atomic mass is 9.94. The van der Waals surface area contributed by atoms with Crippen LogP contribution in [0.15, 0.2) is 0 Å². The first-order valence-electron chi connectivity index (χ1n) is 5.97. The van der Waals surface area contributed by atoms with Crippen LogP contribution in [-0.2, 0) is 14.3 Å². The van der Waals surface area contributed by atoms with Crippen molar-refractivity contribution in [1.82, 2.24) is 4.90 Å². The normalized spacial score (nSPS) is 29.1. The van der Waals surface area contributed by atoms with Gasteiger partial charge in [0.15, 0.2) is 5.78 Å². The zero-order chi connectivity index (χ0) is 12.7. The summed E-state index contributed by atoms with van der Waals surface area (Å²) in [6.07, 6.45) is 0.585. The van der Waals surface area contributed by atoms with Gasteiger partial charge in [-0.15, -0.1) is 0 Å². The fourth-order valence-electron chi connectivity index (χ4n) is 2.38. The van der Waals surface area contributed by atoms with E-state index in [0.29, 0.717) is 32.6 Å². The van der Waals surface area contributed by atoms with Crippen molar-refractivity contribution in [2.24, 2.45) is 0 Å². The van der Waals surface area contributed by atoms with Gasteiger partial charge in [0.2, 0.25) is 0 Å². The molecule has 1 unspecified atom stereocenters. The fraction of sp³-hybridized carbons (Fsp3) is 0.833. The van der Waals surface area contributed by atoms with Gasteiger partial charge >= 0.3 is 6.09 Å². The number of likely N-dealkylation sites (tertiary alicyclic amines) is 1. The summed E-state index contributed by atoms with van der Waals surface area (Å²) in [4.78, 5) is 25.6. The summed E-state index contributed by atoms with van der Waals surface area (Å²) in [5.41, 5.74) is -1.29. The number of ketones is 1. The van der Waals surface area contributed by atoms with E-state index in [4.69, 9.17) is 9.47 Å². The molecular weight excluding hydrogens is 222 g/mol. The molecule has 0 aromatic carbocycles. The molecule has 0 aromatic heterocycles. The SMILES string of the molecule is CC(C)(C)OC(=O)N1CCC(=O)C12CCOC2. The smallest absolute Gasteiger partial charge is 0.411 e. The van der Waals surface area contributed by atoms with Gasteiger partial charge in [-0.1, -0.05) is 0 Å². The molecule has 1 spiro atoms. The Labute approximate surface area is 101 Å². The molecule has 0 aromatic rings. The number of nitrogens with zero attached hydrogens (tertiary/aromatic N) is 1. The van der Waals surface area contributed by atoms with Crippen LogP contribution in [0.2, 0.25) is 0 Å². The van der Waals surface area contributed by atoms with Crippen molar-refractivity contribution in [3.05, 3.63) is 0 Å². The molecule has 2 saturated heterocycles. The van der Waals surface area contributed by atoms with Gasteiger partial charge in [0.25, 0.3) is 0 Å². The second kappa shape index (κ2) is 3.98. The van der Waals surface area contributed by atoms with Crippen LogP contribution in [0.4, 0.5) is 4.79 Å². The molecule has 1 atom stereocenters. The summed E-state index contributed by atoms with van der Waals surface area (Å²) in [5.74, 6) is 0.0980. The zero-order valence-corrected chi connectivity index (χ0v) is 10.6. The van der Waals surface area contributed by atoms with Gasteiger partial charge in [0.1, 0.15) is 11.1 Å². The Kier molecular flexibility index (Phi) is 2.89. The van der Waals surface area contributed by atoms with Crippen molar-refractivity contribution >= 4 is 11.9 Å². The van der Waals surface area contributed by atoms with Gasteiger partial charge in [-0.3, -0.25) is 9.69 Å². The Morgan fingerprint density at radius 2 is 2.18 bits per heavy atom. The Bertz CT molecular complexity index is 339. The maximum Gasteiger partial charge on any atom is 0.411 e. The molecule has 96 valence electrons. The van der Waals surface area contributed by atoms with Crippen molar-refractivity contribution in [2.45, 2.75) is 44.8 Å².